The van der Waals surface area contributed by atoms with Crippen LogP contribution in [0.3, 0.4) is 0 Å². The average molecular weight is 203 g/mol. The minimum atomic E-state index is -2.67. The van der Waals surface area contributed by atoms with Gasteiger partial charge in [-0.25, -0.2) is 13.2 Å². The lowest BCUT2D eigenvalue weighted by atomic mass is 10.1. The normalized spacial score (nSPS) is 32.3. The minimum absolute atomic E-state index is 0.539. The third-order valence-electron chi connectivity index (χ3n) is 1.26. The van der Waals surface area contributed by atoms with E-state index in [9.17, 15) is 13.2 Å². The van der Waals surface area contributed by atoms with Crippen LogP contribution in [0.4, 0.5) is 13.2 Å². The predicted octanol–water partition coefficient (Wildman–Crippen LogP) is 3.57. The molecule has 1 rings (SSSR count). The van der Waals surface area contributed by atoms with Crippen LogP contribution in [0.2, 0.25) is 0 Å². The van der Waals surface area contributed by atoms with Crippen LogP contribution in [0.5, 0.6) is 0 Å². The summed E-state index contributed by atoms with van der Waals surface area (Å²) < 4.78 is 37.7. The van der Waals surface area contributed by atoms with Gasteiger partial charge in [0.15, 0.2) is 5.83 Å². The molecule has 0 saturated heterocycles. The van der Waals surface area contributed by atoms with Gasteiger partial charge in [-0.15, -0.1) is 0 Å². The number of rotatable bonds is 0. The lowest BCUT2D eigenvalue weighted by Crippen LogP contribution is -2.18. The first kappa shape index (κ1) is 8.94. The Bertz CT molecular complexity index is 242. The summed E-state index contributed by atoms with van der Waals surface area (Å²) in [5.74, 6) is -2.43. The monoisotopic (exact) mass is 202 g/mol. The fraction of sp³-hybridized carbons (Fsp3) is 0.333. The molecule has 0 saturated carbocycles. The van der Waals surface area contributed by atoms with Gasteiger partial charge >= 0.3 is 0 Å². The first-order valence-corrected chi connectivity index (χ1v) is 3.50. The van der Waals surface area contributed by atoms with Crippen LogP contribution in [-0.2, 0) is 0 Å². The Balaban J connectivity index is 3.07. The Labute approximate surface area is 71.3 Å². The molecule has 0 heterocycles. The van der Waals surface area contributed by atoms with E-state index in [0.29, 0.717) is 0 Å². The van der Waals surface area contributed by atoms with Crippen LogP contribution in [0, 0.1) is 0 Å². The first-order chi connectivity index (χ1) is 4.95. The molecule has 0 N–H and O–H groups in total. The van der Waals surface area contributed by atoms with E-state index in [1.165, 1.54) is 0 Å². The molecule has 0 aromatic heterocycles. The molecule has 11 heavy (non-hydrogen) atoms. The molecule has 1 atom stereocenters. The van der Waals surface area contributed by atoms with Crippen molar-refractivity contribution in [2.45, 2.75) is 11.5 Å². The molecule has 0 amide bonds. The molecule has 0 radical (unpaired) electrons. The molecule has 0 aromatic rings. The fourth-order valence-electron chi connectivity index (χ4n) is 0.662. The second-order valence-corrected chi connectivity index (χ2v) is 3.07. The van der Waals surface area contributed by atoms with Crippen LogP contribution < -0.4 is 0 Å². The van der Waals surface area contributed by atoms with Crippen molar-refractivity contribution in [1.29, 1.82) is 0 Å². The maximum absolute atomic E-state index is 12.7. The highest BCUT2D eigenvalue weighted by Crippen LogP contribution is 2.41. The van der Waals surface area contributed by atoms with E-state index in [1.807, 2.05) is 0 Å². The number of halogens is 5. The van der Waals surface area contributed by atoms with Crippen LogP contribution in [0.1, 0.15) is 6.42 Å². The van der Waals surface area contributed by atoms with Crippen LogP contribution in [0.25, 0.3) is 0 Å². The van der Waals surface area contributed by atoms with Crippen molar-refractivity contribution in [3.05, 3.63) is 22.8 Å². The number of allylic oxidation sites excluding steroid dienone is 4. The van der Waals surface area contributed by atoms with Gasteiger partial charge in [0, 0.05) is 6.42 Å². The van der Waals surface area contributed by atoms with Gasteiger partial charge in [0.1, 0.15) is 10.9 Å². The van der Waals surface area contributed by atoms with E-state index in [0.717, 1.165) is 6.08 Å². The average Bonchev–Trinajstić information content (AvgIpc) is 1.95. The summed E-state index contributed by atoms with van der Waals surface area (Å²) in [5.41, 5.74) is 0. The Kier molecular flexibility index (Phi) is 2.21. The second-order valence-electron chi connectivity index (χ2n) is 2.09. The van der Waals surface area contributed by atoms with Gasteiger partial charge < -0.3 is 0 Å². The number of alkyl halides is 2. The highest BCUT2D eigenvalue weighted by Gasteiger charge is 2.38. The first-order valence-electron chi connectivity index (χ1n) is 2.75. The van der Waals surface area contributed by atoms with Gasteiger partial charge in [-0.05, 0) is 6.08 Å². The van der Waals surface area contributed by atoms with Gasteiger partial charge in [0.25, 0.3) is 0 Å². The van der Waals surface area contributed by atoms with Crippen molar-refractivity contribution < 1.29 is 13.2 Å². The second kappa shape index (κ2) is 2.72. The summed E-state index contributed by atoms with van der Waals surface area (Å²) in [4.78, 5) is 0. The maximum atomic E-state index is 12.7. The van der Waals surface area contributed by atoms with Crippen molar-refractivity contribution in [3.63, 3.8) is 0 Å². The van der Waals surface area contributed by atoms with Crippen LogP contribution in [0.15, 0.2) is 22.8 Å². The van der Waals surface area contributed by atoms with Crippen molar-refractivity contribution in [2.24, 2.45) is 0 Å². The van der Waals surface area contributed by atoms with Gasteiger partial charge in [-0.3, -0.25) is 0 Å². The van der Waals surface area contributed by atoms with Crippen molar-refractivity contribution >= 4 is 23.2 Å². The van der Waals surface area contributed by atoms with Gasteiger partial charge in [-0.1, -0.05) is 23.2 Å². The summed E-state index contributed by atoms with van der Waals surface area (Å²) in [5, 5.41) is -3.55. The Morgan fingerprint density at radius 1 is 1.45 bits per heavy atom. The van der Waals surface area contributed by atoms with Crippen LogP contribution >= 0.6 is 23.2 Å². The van der Waals surface area contributed by atoms with Gasteiger partial charge in [-0.2, -0.15) is 0 Å². The fourth-order valence-corrected chi connectivity index (χ4v) is 1.11. The van der Waals surface area contributed by atoms with E-state index in [2.05, 4.69) is 0 Å². The largest absolute Gasteiger partial charge is 0.239 e. The minimum Gasteiger partial charge on any atom is -0.218 e. The Morgan fingerprint density at radius 2 is 2.00 bits per heavy atom. The molecular formula is C6H3Cl2F3. The number of hydrogen-bond donors (Lipinski definition) is 0. The van der Waals surface area contributed by atoms with Gasteiger partial charge in [0.05, 0.1) is 0 Å². The predicted molar refractivity (Wildman–Crippen MR) is 37.5 cm³/mol. The molecule has 0 aromatic carbocycles. The SMILES string of the molecule is FC1=CCC(F)(Cl)C(F)=C1Cl. The zero-order valence-corrected chi connectivity index (χ0v) is 6.69. The zero-order valence-electron chi connectivity index (χ0n) is 5.17. The molecule has 0 bridgehead atoms. The maximum Gasteiger partial charge on any atom is 0.239 e. The van der Waals surface area contributed by atoms with E-state index < -0.39 is 28.2 Å². The third-order valence-corrected chi connectivity index (χ3v) is 1.93. The lowest BCUT2D eigenvalue weighted by molar-refractivity contribution is 0.271. The Morgan fingerprint density at radius 3 is 2.45 bits per heavy atom. The summed E-state index contributed by atoms with van der Waals surface area (Å²) >= 11 is 10.0. The topological polar surface area (TPSA) is 0 Å². The summed E-state index contributed by atoms with van der Waals surface area (Å²) in [6.07, 6.45) is 0.265. The molecule has 0 nitrogen and oxygen atoms in total. The highest BCUT2D eigenvalue weighted by molar-refractivity contribution is 6.34. The van der Waals surface area contributed by atoms with E-state index in [4.69, 9.17) is 23.2 Å². The van der Waals surface area contributed by atoms with Crippen molar-refractivity contribution in [2.75, 3.05) is 0 Å². The third kappa shape index (κ3) is 1.54. The smallest absolute Gasteiger partial charge is 0.218 e. The lowest BCUT2D eigenvalue weighted by Gasteiger charge is -2.18. The van der Waals surface area contributed by atoms with E-state index in [1.54, 1.807) is 0 Å². The molecule has 0 spiro atoms. The standard InChI is InChI=1S/C6H3Cl2F3/c7-4-3(9)1-2-6(8,11)5(4)10/h1H,2H2. The molecule has 62 valence electrons. The number of hydrogen-bond acceptors (Lipinski definition) is 0. The van der Waals surface area contributed by atoms with Gasteiger partial charge in [0.2, 0.25) is 5.13 Å². The molecule has 1 aliphatic rings. The van der Waals surface area contributed by atoms with E-state index >= 15 is 0 Å². The highest BCUT2D eigenvalue weighted by atomic mass is 35.5. The Hall–Kier alpha value is -0.150. The molecule has 5 heteroatoms. The molecular weight excluding hydrogens is 200 g/mol. The van der Waals surface area contributed by atoms with Crippen LogP contribution in [-0.4, -0.2) is 5.13 Å². The molecule has 1 aliphatic carbocycles. The summed E-state index contributed by atoms with van der Waals surface area (Å²) in [7, 11) is 0. The van der Waals surface area contributed by atoms with Crippen molar-refractivity contribution in [1.82, 2.24) is 0 Å². The van der Waals surface area contributed by atoms with Crippen molar-refractivity contribution in [3.8, 4) is 0 Å². The molecule has 1 unspecified atom stereocenters. The zero-order chi connectivity index (χ0) is 8.65. The summed E-state index contributed by atoms with van der Waals surface area (Å²) in [6, 6.07) is 0. The summed E-state index contributed by atoms with van der Waals surface area (Å²) in [6.45, 7) is 0. The molecule has 0 fully saturated rings. The molecule has 0 aliphatic heterocycles. The van der Waals surface area contributed by atoms with E-state index in [-0.39, 0.29) is 0 Å². The quantitative estimate of drug-likeness (QED) is 0.528.